The van der Waals surface area contributed by atoms with Crippen LogP contribution in [-0.2, 0) is 0 Å². The van der Waals surface area contributed by atoms with Crippen LogP contribution in [0.25, 0.3) is 0 Å². The van der Waals surface area contributed by atoms with Crippen molar-refractivity contribution in [2.24, 2.45) is 0 Å². The largest absolute Gasteiger partial charge is 0.496 e. The number of nitrogens with zero attached hydrogens (tertiary/aromatic N) is 1. The quantitative estimate of drug-likeness (QED) is 0.781. The van der Waals surface area contributed by atoms with Crippen LogP contribution in [-0.4, -0.2) is 25.0 Å². The molecule has 20 heavy (non-hydrogen) atoms. The molecule has 0 saturated heterocycles. The van der Waals surface area contributed by atoms with Crippen molar-refractivity contribution in [1.29, 1.82) is 0 Å². The van der Waals surface area contributed by atoms with Crippen molar-refractivity contribution in [3.05, 3.63) is 23.3 Å². The molecule has 0 aliphatic carbocycles. The Morgan fingerprint density at radius 3 is 2.55 bits per heavy atom. The van der Waals surface area contributed by atoms with E-state index in [1.54, 1.807) is 7.11 Å². The van der Waals surface area contributed by atoms with E-state index in [1.165, 1.54) is 11.3 Å². The van der Waals surface area contributed by atoms with Crippen LogP contribution in [0, 0.1) is 0 Å². The lowest BCUT2D eigenvalue weighted by Crippen LogP contribution is -2.51. The van der Waals surface area contributed by atoms with E-state index in [2.05, 4.69) is 39.5 Å². The van der Waals surface area contributed by atoms with E-state index in [9.17, 15) is 4.79 Å². The van der Waals surface area contributed by atoms with E-state index in [0.29, 0.717) is 23.3 Å². The Bertz CT molecular complexity index is 520. The minimum atomic E-state index is 0.105. The standard InChI is InChI=1S/C17H25NO2/c1-11(2)18-15-8-16(20-6)13(10-19)7-14(15)12(3)9-17(18,4)5/h7-8,10-12H,9H2,1-6H3/t12-/m0/s1. The van der Waals surface area contributed by atoms with Gasteiger partial charge in [0.05, 0.1) is 12.7 Å². The van der Waals surface area contributed by atoms with Gasteiger partial charge in [-0.3, -0.25) is 4.79 Å². The molecule has 3 heteroatoms. The molecule has 0 unspecified atom stereocenters. The third-order valence-electron chi connectivity index (χ3n) is 4.27. The minimum Gasteiger partial charge on any atom is -0.496 e. The van der Waals surface area contributed by atoms with Crippen molar-refractivity contribution in [3.63, 3.8) is 0 Å². The first kappa shape index (κ1) is 14.9. The van der Waals surface area contributed by atoms with Gasteiger partial charge in [-0.05, 0) is 51.7 Å². The molecule has 2 rings (SSSR count). The van der Waals surface area contributed by atoms with Crippen molar-refractivity contribution < 1.29 is 9.53 Å². The van der Waals surface area contributed by atoms with Gasteiger partial charge in [0.1, 0.15) is 5.75 Å². The van der Waals surface area contributed by atoms with Crippen LogP contribution in [0.1, 0.15) is 62.9 Å². The first-order chi connectivity index (χ1) is 9.31. The monoisotopic (exact) mass is 275 g/mol. The molecule has 3 nitrogen and oxygen atoms in total. The summed E-state index contributed by atoms with van der Waals surface area (Å²) >= 11 is 0. The number of carbonyl (C=O) groups is 1. The van der Waals surface area contributed by atoms with Crippen LogP contribution in [0.3, 0.4) is 0 Å². The van der Waals surface area contributed by atoms with Crippen molar-refractivity contribution in [3.8, 4) is 5.75 Å². The first-order valence-electron chi connectivity index (χ1n) is 7.28. The molecular formula is C17H25NO2. The highest BCUT2D eigenvalue weighted by molar-refractivity contribution is 5.82. The fourth-order valence-corrected chi connectivity index (χ4v) is 3.74. The van der Waals surface area contributed by atoms with Crippen molar-refractivity contribution in [2.75, 3.05) is 12.0 Å². The number of ether oxygens (including phenoxy) is 1. The molecule has 1 aliphatic rings. The van der Waals surface area contributed by atoms with Gasteiger partial charge in [0.15, 0.2) is 6.29 Å². The zero-order valence-electron chi connectivity index (χ0n) is 13.4. The molecule has 1 aromatic carbocycles. The highest BCUT2D eigenvalue weighted by Gasteiger charge is 2.38. The van der Waals surface area contributed by atoms with Gasteiger partial charge in [0.25, 0.3) is 0 Å². The van der Waals surface area contributed by atoms with Gasteiger partial charge < -0.3 is 9.64 Å². The molecule has 0 saturated carbocycles. The molecule has 110 valence electrons. The lowest BCUT2D eigenvalue weighted by molar-refractivity contribution is 0.112. The van der Waals surface area contributed by atoms with E-state index >= 15 is 0 Å². The van der Waals surface area contributed by atoms with Gasteiger partial charge in [-0.25, -0.2) is 0 Å². The number of fused-ring (bicyclic) bond motifs is 1. The molecule has 0 aromatic heterocycles. The fraction of sp³-hybridized carbons (Fsp3) is 0.588. The lowest BCUT2D eigenvalue weighted by atomic mass is 9.78. The van der Waals surface area contributed by atoms with Gasteiger partial charge >= 0.3 is 0 Å². The second kappa shape index (κ2) is 5.12. The maximum Gasteiger partial charge on any atom is 0.153 e. The summed E-state index contributed by atoms with van der Waals surface area (Å²) in [7, 11) is 1.62. The predicted octanol–water partition coefficient (Wildman–Crippen LogP) is 4.01. The third-order valence-corrected chi connectivity index (χ3v) is 4.27. The second-order valence-electron chi connectivity index (χ2n) is 6.65. The van der Waals surface area contributed by atoms with Crippen LogP contribution in [0.15, 0.2) is 12.1 Å². The molecule has 0 spiro atoms. The number of methoxy groups -OCH3 is 1. The smallest absolute Gasteiger partial charge is 0.153 e. The van der Waals surface area contributed by atoms with E-state index in [-0.39, 0.29) is 5.54 Å². The van der Waals surface area contributed by atoms with Gasteiger partial charge in [-0.2, -0.15) is 0 Å². The molecular weight excluding hydrogens is 250 g/mol. The number of aldehydes is 1. The average molecular weight is 275 g/mol. The maximum atomic E-state index is 11.2. The SMILES string of the molecule is COc1cc2c(cc1C=O)[C@@H](C)CC(C)(C)N2C(C)C. The predicted molar refractivity (Wildman–Crippen MR) is 83.1 cm³/mol. The Morgan fingerprint density at radius 1 is 1.40 bits per heavy atom. The molecule has 1 aromatic rings. The lowest BCUT2D eigenvalue weighted by Gasteiger charge is -2.50. The van der Waals surface area contributed by atoms with Crippen LogP contribution < -0.4 is 9.64 Å². The average Bonchev–Trinajstić information content (AvgIpc) is 2.35. The Kier molecular flexibility index (Phi) is 3.81. The summed E-state index contributed by atoms with van der Waals surface area (Å²) in [6, 6.07) is 4.43. The summed E-state index contributed by atoms with van der Waals surface area (Å²) < 4.78 is 5.38. The molecule has 1 aliphatic heterocycles. The number of benzene rings is 1. The van der Waals surface area contributed by atoms with Gasteiger partial charge in [-0.1, -0.05) is 6.92 Å². The second-order valence-corrected chi connectivity index (χ2v) is 6.65. The van der Waals surface area contributed by atoms with Crippen molar-refractivity contribution in [2.45, 2.75) is 58.5 Å². The summed E-state index contributed by atoms with van der Waals surface area (Å²) in [6.45, 7) is 11.2. The van der Waals surface area contributed by atoms with E-state index in [0.717, 1.165) is 12.7 Å². The van der Waals surface area contributed by atoms with Gasteiger partial charge in [-0.15, -0.1) is 0 Å². The van der Waals surface area contributed by atoms with Crippen LogP contribution in [0.4, 0.5) is 5.69 Å². The normalized spacial score (nSPS) is 20.8. The maximum absolute atomic E-state index is 11.2. The van der Waals surface area contributed by atoms with Crippen LogP contribution in [0.5, 0.6) is 5.75 Å². The highest BCUT2D eigenvalue weighted by atomic mass is 16.5. The number of hydrogen-bond acceptors (Lipinski definition) is 3. The Morgan fingerprint density at radius 2 is 2.05 bits per heavy atom. The summed E-state index contributed by atoms with van der Waals surface area (Å²) in [4.78, 5) is 13.7. The molecule has 1 atom stereocenters. The van der Waals surface area contributed by atoms with Crippen molar-refractivity contribution >= 4 is 12.0 Å². The zero-order valence-corrected chi connectivity index (χ0v) is 13.4. The Labute approximate surface area is 121 Å². The molecule has 0 amide bonds. The van der Waals surface area contributed by atoms with Crippen LogP contribution >= 0.6 is 0 Å². The van der Waals surface area contributed by atoms with Gasteiger partial charge in [0, 0.05) is 23.3 Å². The highest BCUT2D eigenvalue weighted by Crippen LogP contribution is 2.46. The number of hydrogen-bond donors (Lipinski definition) is 0. The molecule has 1 heterocycles. The first-order valence-corrected chi connectivity index (χ1v) is 7.28. The third kappa shape index (κ3) is 2.30. The van der Waals surface area contributed by atoms with E-state index in [1.807, 2.05) is 12.1 Å². The topological polar surface area (TPSA) is 29.5 Å². The van der Waals surface area contributed by atoms with Crippen LogP contribution in [0.2, 0.25) is 0 Å². The van der Waals surface area contributed by atoms with E-state index < -0.39 is 0 Å². The molecule has 0 radical (unpaired) electrons. The molecule has 0 fully saturated rings. The number of rotatable bonds is 3. The van der Waals surface area contributed by atoms with Crippen molar-refractivity contribution in [1.82, 2.24) is 0 Å². The summed E-state index contributed by atoms with van der Waals surface area (Å²) in [6.07, 6.45) is 1.97. The van der Waals surface area contributed by atoms with E-state index in [4.69, 9.17) is 4.74 Å². The summed E-state index contributed by atoms with van der Waals surface area (Å²) in [5.74, 6) is 1.11. The number of carbonyl (C=O) groups excluding carboxylic acids is 1. The molecule has 0 bridgehead atoms. The Balaban J connectivity index is 2.67. The minimum absolute atomic E-state index is 0.105. The fourth-order valence-electron chi connectivity index (χ4n) is 3.74. The summed E-state index contributed by atoms with van der Waals surface area (Å²) in [5.41, 5.74) is 3.20. The zero-order chi connectivity index (χ0) is 15.1. The number of anilines is 1. The molecule has 0 N–H and O–H groups in total. The Hall–Kier alpha value is -1.51. The summed E-state index contributed by atoms with van der Waals surface area (Å²) in [5, 5.41) is 0. The van der Waals surface area contributed by atoms with Gasteiger partial charge in [0.2, 0.25) is 0 Å².